The highest BCUT2D eigenvalue weighted by molar-refractivity contribution is 7.71. The third-order valence-corrected chi connectivity index (χ3v) is 1.81. The molecule has 70 valence electrons. The number of aliphatic hydroxyl groups is 1. The molecule has 0 unspecified atom stereocenters. The molecule has 13 heavy (non-hydrogen) atoms. The lowest BCUT2D eigenvalue weighted by Crippen LogP contribution is -1.85. The fraction of sp³-hybridized carbons (Fsp3) is 0.250. The minimum Gasteiger partial charge on any atom is -0.512 e. The van der Waals surface area contributed by atoms with Gasteiger partial charge < -0.3 is 20.5 Å². The van der Waals surface area contributed by atoms with E-state index in [1.165, 1.54) is 0 Å². The Morgan fingerprint density at radius 1 is 1.54 bits per heavy atom. The summed E-state index contributed by atoms with van der Waals surface area (Å²) in [7, 11) is 0. The number of aromatic nitrogens is 2. The number of aliphatic hydroxyl groups excluding tert-OH is 1. The molecule has 0 radical (unpaired) electrons. The molecule has 0 amide bonds. The Kier molecular flexibility index (Phi) is 3.02. The molecular formula is C8H11N3OS. The van der Waals surface area contributed by atoms with Crippen LogP contribution in [0.5, 0.6) is 0 Å². The SMILES string of the molecule is CC/C(O)=C\c1[nH]c(=S)[nH]c1C=N. The van der Waals surface area contributed by atoms with Crippen LogP contribution in [0.2, 0.25) is 0 Å². The van der Waals surface area contributed by atoms with Crippen LogP contribution in [0.3, 0.4) is 0 Å². The third kappa shape index (κ3) is 2.29. The minimum absolute atomic E-state index is 0.258. The van der Waals surface area contributed by atoms with E-state index in [1.54, 1.807) is 6.08 Å². The van der Waals surface area contributed by atoms with Crippen LogP contribution >= 0.6 is 12.2 Å². The van der Waals surface area contributed by atoms with Crippen molar-refractivity contribution < 1.29 is 5.11 Å². The topological polar surface area (TPSA) is 75.7 Å². The molecule has 0 spiro atoms. The van der Waals surface area contributed by atoms with E-state index in [0.717, 1.165) is 6.21 Å². The molecule has 0 aliphatic rings. The second-order valence-electron chi connectivity index (χ2n) is 2.54. The van der Waals surface area contributed by atoms with Crippen molar-refractivity contribution in [1.29, 1.82) is 5.41 Å². The first-order valence-electron chi connectivity index (χ1n) is 3.89. The molecule has 0 atom stereocenters. The lowest BCUT2D eigenvalue weighted by molar-refractivity contribution is 0.400. The van der Waals surface area contributed by atoms with Crippen LogP contribution in [0.25, 0.3) is 6.08 Å². The Labute approximate surface area is 80.8 Å². The van der Waals surface area contributed by atoms with Gasteiger partial charge in [-0.1, -0.05) is 6.92 Å². The fourth-order valence-electron chi connectivity index (χ4n) is 0.907. The summed E-state index contributed by atoms with van der Waals surface area (Å²) in [6.45, 7) is 1.84. The van der Waals surface area contributed by atoms with E-state index in [0.29, 0.717) is 22.6 Å². The van der Waals surface area contributed by atoms with Gasteiger partial charge in [-0.05, 0) is 12.2 Å². The first-order chi connectivity index (χ1) is 6.17. The van der Waals surface area contributed by atoms with Gasteiger partial charge >= 0.3 is 0 Å². The maximum absolute atomic E-state index is 9.26. The van der Waals surface area contributed by atoms with Gasteiger partial charge in [0.25, 0.3) is 0 Å². The van der Waals surface area contributed by atoms with Gasteiger partial charge in [0.15, 0.2) is 4.77 Å². The first kappa shape index (κ1) is 9.73. The summed E-state index contributed by atoms with van der Waals surface area (Å²) in [6.07, 6.45) is 3.27. The molecule has 0 aromatic carbocycles. The van der Waals surface area contributed by atoms with E-state index in [1.807, 2.05) is 6.92 Å². The van der Waals surface area contributed by atoms with Gasteiger partial charge in [0.2, 0.25) is 0 Å². The largest absolute Gasteiger partial charge is 0.512 e. The Hall–Kier alpha value is -1.36. The van der Waals surface area contributed by atoms with Crippen molar-refractivity contribution in [1.82, 2.24) is 9.97 Å². The Morgan fingerprint density at radius 2 is 2.15 bits per heavy atom. The van der Waals surface area contributed by atoms with Crippen LogP contribution in [0.1, 0.15) is 24.7 Å². The van der Waals surface area contributed by atoms with Gasteiger partial charge in [0, 0.05) is 18.7 Å². The van der Waals surface area contributed by atoms with Crippen molar-refractivity contribution in [3.05, 3.63) is 21.9 Å². The number of hydrogen-bond acceptors (Lipinski definition) is 3. The molecule has 1 rings (SSSR count). The number of nitrogens with one attached hydrogen (secondary N) is 3. The molecule has 1 aromatic rings. The van der Waals surface area contributed by atoms with Crippen molar-refractivity contribution in [3.63, 3.8) is 0 Å². The van der Waals surface area contributed by atoms with E-state index in [4.69, 9.17) is 17.6 Å². The maximum Gasteiger partial charge on any atom is 0.175 e. The molecule has 0 saturated heterocycles. The zero-order valence-electron chi connectivity index (χ0n) is 7.22. The Balaban J connectivity index is 3.13. The zero-order valence-corrected chi connectivity index (χ0v) is 8.03. The number of allylic oxidation sites excluding steroid dienone is 1. The normalized spacial score (nSPS) is 11.6. The smallest absolute Gasteiger partial charge is 0.175 e. The van der Waals surface area contributed by atoms with E-state index in [2.05, 4.69) is 9.97 Å². The zero-order chi connectivity index (χ0) is 9.84. The van der Waals surface area contributed by atoms with Crippen LogP contribution in [-0.2, 0) is 0 Å². The van der Waals surface area contributed by atoms with E-state index in [9.17, 15) is 5.11 Å². The summed E-state index contributed by atoms with van der Waals surface area (Å²) < 4.78 is 0.452. The average molecular weight is 197 g/mol. The molecule has 1 aromatic heterocycles. The Morgan fingerprint density at radius 3 is 2.69 bits per heavy atom. The van der Waals surface area contributed by atoms with Gasteiger partial charge in [-0.2, -0.15) is 0 Å². The summed E-state index contributed by atoms with van der Waals surface area (Å²) in [6, 6.07) is 0. The summed E-state index contributed by atoms with van der Waals surface area (Å²) >= 11 is 4.85. The maximum atomic E-state index is 9.26. The minimum atomic E-state index is 0.258. The van der Waals surface area contributed by atoms with Crippen molar-refractivity contribution in [2.45, 2.75) is 13.3 Å². The molecule has 1 heterocycles. The Bertz CT molecular complexity index is 388. The van der Waals surface area contributed by atoms with Crippen LogP contribution in [0.4, 0.5) is 0 Å². The molecule has 4 N–H and O–H groups in total. The first-order valence-corrected chi connectivity index (χ1v) is 4.30. The predicted molar refractivity (Wildman–Crippen MR) is 54.8 cm³/mol. The molecule has 0 fully saturated rings. The van der Waals surface area contributed by atoms with Gasteiger partial charge in [0.05, 0.1) is 17.1 Å². The molecule has 0 aliphatic heterocycles. The lowest BCUT2D eigenvalue weighted by Gasteiger charge is -1.93. The molecular weight excluding hydrogens is 186 g/mol. The van der Waals surface area contributed by atoms with Crippen LogP contribution in [0.15, 0.2) is 5.76 Å². The molecule has 5 heteroatoms. The summed E-state index contributed by atoms with van der Waals surface area (Å²) in [5.41, 5.74) is 1.21. The number of imidazole rings is 1. The van der Waals surface area contributed by atoms with Gasteiger partial charge in [-0.15, -0.1) is 0 Å². The van der Waals surface area contributed by atoms with Crippen LogP contribution in [-0.4, -0.2) is 21.3 Å². The van der Waals surface area contributed by atoms with Gasteiger partial charge in [0.1, 0.15) is 0 Å². The highest BCUT2D eigenvalue weighted by Gasteiger charge is 2.00. The molecule has 0 saturated carbocycles. The van der Waals surface area contributed by atoms with E-state index < -0.39 is 0 Å². The highest BCUT2D eigenvalue weighted by atomic mass is 32.1. The van der Waals surface area contributed by atoms with Crippen molar-refractivity contribution in [2.24, 2.45) is 0 Å². The second kappa shape index (κ2) is 4.04. The second-order valence-corrected chi connectivity index (χ2v) is 2.95. The molecule has 0 bridgehead atoms. The monoisotopic (exact) mass is 197 g/mol. The lowest BCUT2D eigenvalue weighted by atomic mass is 10.2. The number of hydrogen-bond donors (Lipinski definition) is 4. The standard InChI is InChI=1S/C8H11N3OS/c1-2-5(12)3-6-7(4-9)11-8(13)10-6/h3-4,9,12H,2H2,1H3,(H2,10,11,13)/b5-3+,9-4?. The highest BCUT2D eigenvalue weighted by Crippen LogP contribution is 2.07. The van der Waals surface area contributed by atoms with Gasteiger partial charge in [-0.25, -0.2) is 0 Å². The number of aromatic amines is 2. The van der Waals surface area contributed by atoms with Crippen LogP contribution < -0.4 is 0 Å². The van der Waals surface area contributed by atoms with E-state index in [-0.39, 0.29) is 5.76 Å². The average Bonchev–Trinajstić information content (AvgIpc) is 2.46. The fourth-order valence-corrected chi connectivity index (χ4v) is 1.13. The predicted octanol–water partition coefficient (Wildman–Crippen LogP) is 2.38. The third-order valence-electron chi connectivity index (χ3n) is 1.60. The van der Waals surface area contributed by atoms with Crippen molar-refractivity contribution >= 4 is 24.5 Å². The summed E-state index contributed by atoms with van der Waals surface area (Å²) in [5.74, 6) is 0.258. The van der Waals surface area contributed by atoms with Gasteiger partial charge in [-0.3, -0.25) is 0 Å². The summed E-state index contributed by atoms with van der Waals surface area (Å²) in [5, 5.41) is 16.3. The van der Waals surface area contributed by atoms with Crippen molar-refractivity contribution in [2.75, 3.05) is 0 Å². The quantitative estimate of drug-likeness (QED) is 0.341. The number of rotatable bonds is 3. The number of H-pyrrole nitrogens is 2. The van der Waals surface area contributed by atoms with Crippen LogP contribution in [0, 0.1) is 10.2 Å². The molecule has 0 aliphatic carbocycles. The molecule has 4 nitrogen and oxygen atoms in total. The summed E-state index contributed by atoms with van der Waals surface area (Å²) in [4.78, 5) is 5.62. The van der Waals surface area contributed by atoms with E-state index >= 15 is 0 Å². The van der Waals surface area contributed by atoms with Crippen molar-refractivity contribution in [3.8, 4) is 0 Å².